The van der Waals surface area contributed by atoms with Crippen molar-refractivity contribution < 1.29 is 0 Å². The van der Waals surface area contributed by atoms with E-state index in [4.69, 9.17) is 5.73 Å². The third kappa shape index (κ3) is 7.27. The van der Waals surface area contributed by atoms with Crippen molar-refractivity contribution in [2.75, 3.05) is 17.3 Å². The van der Waals surface area contributed by atoms with E-state index in [9.17, 15) is 9.59 Å². The lowest BCUT2D eigenvalue weighted by atomic mass is 10.6. The highest BCUT2D eigenvalue weighted by Gasteiger charge is 1.99. The second-order valence-corrected chi connectivity index (χ2v) is 6.37. The lowest BCUT2D eigenvalue weighted by Crippen LogP contribution is -2.09. The van der Waals surface area contributed by atoms with Gasteiger partial charge in [-0.15, -0.1) is 0 Å². The van der Waals surface area contributed by atoms with Crippen molar-refractivity contribution in [3.63, 3.8) is 0 Å². The average molecular weight is 430 g/mol. The maximum absolute atomic E-state index is 10.9. The first-order valence-corrected chi connectivity index (χ1v) is 9.74. The van der Waals surface area contributed by atoms with E-state index < -0.39 is 0 Å². The topological polar surface area (TPSA) is 165 Å². The number of hydrogen-bond acceptors (Lipinski definition) is 9. The van der Waals surface area contributed by atoms with E-state index in [1.54, 1.807) is 48.0 Å². The van der Waals surface area contributed by atoms with Crippen LogP contribution >= 0.6 is 11.8 Å². The molecule has 0 aliphatic carbocycles. The molecule has 4 rings (SSSR count). The number of nitrogens with two attached hydrogens (primary N) is 1. The monoisotopic (exact) mass is 430 g/mol. The molecule has 0 spiro atoms. The average Bonchev–Trinajstić information content (AvgIpc) is 3.30. The van der Waals surface area contributed by atoms with Gasteiger partial charge in [-0.1, -0.05) is 11.8 Å². The molecule has 0 saturated heterocycles. The zero-order valence-electron chi connectivity index (χ0n) is 16.6. The summed E-state index contributed by atoms with van der Waals surface area (Å²) in [4.78, 5) is 34.4. The highest BCUT2D eigenvalue weighted by atomic mass is 32.2. The first-order valence-electron chi connectivity index (χ1n) is 8.52. The van der Waals surface area contributed by atoms with Crippen molar-refractivity contribution >= 4 is 29.3 Å². The number of nitrogens with zero attached hydrogens (tertiary/aromatic N) is 6. The molecule has 0 amide bonds. The van der Waals surface area contributed by atoms with E-state index in [-0.39, 0.29) is 11.1 Å². The predicted molar refractivity (Wildman–Crippen MR) is 116 cm³/mol. The molecule has 0 fully saturated rings. The molecule has 5 N–H and O–H groups in total. The molecule has 0 saturated carbocycles. The SMILES string of the molecule is CSc1nccc(=O)[nH]1.Cn1nccc1N.Cn1nccc1Nc1nccc(=O)[nH]1. The van der Waals surface area contributed by atoms with Crippen molar-refractivity contribution in [1.29, 1.82) is 0 Å². The van der Waals surface area contributed by atoms with E-state index >= 15 is 0 Å². The summed E-state index contributed by atoms with van der Waals surface area (Å²) in [5.41, 5.74) is 5.05. The fourth-order valence-corrected chi connectivity index (χ4v) is 2.26. The van der Waals surface area contributed by atoms with Crippen LogP contribution in [0.15, 0.2) is 63.8 Å². The normalized spacial score (nSPS) is 9.70. The van der Waals surface area contributed by atoms with Crippen LogP contribution in [0.4, 0.5) is 17.6 Å². The van der Waals surface area contributed by atoms with Crippen molar-refractivity contribution in [3.05, 3.63) is 69.8 Å². The molecule has 0 aliphatic heterocycles. The fraction of sp³-hybridized carbons (Fsp3) is 0.176. The minimum Gasteiger partial charge on any atom is -0.384 e. The number of aryl methyl sites for hydroxylation is 2. The molecule has 4 aromatic heterocycles. The largest absolute Gasteiger partial charge is 0.384 e. The minimum absolute atomic E-state index is 0.102. The summed E-state index contributed by atoms with van der Waals surface area (Å²) in [6, 6.07) is 6.28. The van der Waals surface area contributed by atoms with Gasteiger partial charge >= 0.3 is 0 Å². The summed E-state index contributed by atoms with van der Waals surface area (Å²) in [5, 5.41) is 11.4. The first-order chi connectivity index (χ1) is 14.4. The van der Waals surface area contributed by atoms with Gasteiger partial charge in [0.1, 0.15) is 11.6 Å². The highest BCUT2D eigenvalue weighted by molar-refractivity contribution is 7.98. The van der Waals surface area contributed by atoms with E-state index in [2.05, 4.69) is 35.5 Å². The Morgan fingerprint density at radius 2 is 1.53 bits per heavy atom. The summed E-state index contributed by atoms with van der Waals surface area (Å²) in [6.45, 7) is 0. The Hall–Kier alpha value is -3.87. The summed E-state index contributed by atoms with van der Waals surface area (Å²) in [7, 11) is 3.60. The van der Waals surface area contributed by atoms with E-state index in [1.165, 1.54) is 36.3 Å². The molecule has 0 unspecified atom stereocenters. The summed E-state index contributed by atoms with van der Waals surface area (Å²) >= 11 is 1.42. The Morgan fingerprint density at radius 3 is 1.97 bits per heavy atom. The number of H-pyrrole nitrogens is 2. The molecule has 0 aliphatic rings. The van der Waals surface area contributed by atoms with Crippen molar-refractivity contribution in [3.8, 4) is 0 Å². The Bertz CT molecular complexity index is 1150. The van der Waals surface area contributed by atoms with Crippen molar-refractivity contribution in [2.45, 2.75) is 5.16 Å². The number of rotatable bonds is 3. The van der Waals surface area contributed by atoms with Crippen LogP contribution in [0.25, 0.3) is 0 Å². The summed E-state index contributed by atoms with van der Waals surface area (Å²) in [5.74, 6) is 1.86. The fourth-order valence-electron chi connectivity index (χ4n) is 1.89. The molecule has 0 aromatic carbocycles. The third-order valence-corrected chi connectivity index (χ3v) is 4.03. The Kier molecular flexibility index (Phi) is 8.38. The van der Waals surface area contributed by atoms with Crippen LogP contribution in [-0.4, -0.2) is 45.8 Å². The minimum atomic E-state index is -0.190. The lowest BCUT2D eigenvalue weighted by Gasteiger charge is -2.03. The molecule has 0 atom stereocenters. The molecule has 158 valence electrons. The van der Waals surface area contributed by atoms with Crippen LogP contribution in [-0.2, 0) is 14.1 Å². The van der Waals surface area contributed by atoms with Gasteiger partial charge in [0, 0.05) is 44.7 Å². The second-order valence-electron chi connectivity index (χ2n) is 5.57. The number of thioether (sulfide) groups is 1. The van der Waals surface area contributed by atoms with Gasteiger partial charge in [0.2, 0.25) is 5.95 Å². The quantitative estimate of drug-likeness (QED) is 0.271. The Labute approximate surface area is 175 Å². The predicted octanol–water partition coefficient (Wildman–Crippen LogP) is 0.741. The maximum atomic E-state index is 10.9. The zero-order valence-corrected chi connectivity index (χ0v) is 17.4. The van der Waals surface area contributed by atoms with Crippen LogP contribution in [0.1, 0.15) is 0 Å². The number of aromatic nitrogens is 8. The first kappa shape index (κ1) is 22.4. The smallest absolute Gasteiger partial charge is 0.252 e. The molecular weight excluding hydrogens is 408 g/mol. The summed E-state index contributed by atoms with van der Waals surface area (Å²) in [6.07, 6.45) is 8.11. The lowest BCUT2D eigenvalue weighted by molar-refractivity contribution is 0.775. The van der Waals surface area contributed by atoms with E-state index in [0.717, 1.165) is 5.82 Å². The Morgan fingerprint density at radius 1 is 0.900 bits per heavy atom. The zero-order chi connectivity index (χ0) is 21.9. The van der Waals surface area contributed by atoms with Gasteiger partial charge in [-0.3, -0.25) is 23.9 Å². The molecule has 4 aromatic rings. The molecule has 12 nitrogen and oxygen atoms in total. The molecule has 30 heavy (non-hydrogen) atoms. The van der Waals surface area contributed by atoms with Gasteiger partial charge in [0.25, 0.3) is 11.1 Å². The highest BCUT2D eigenvalue weighted by Crippen LogP contribution is 2.08. The van der Waals surface area contributed by atoms with E-state index in [1.807, 2.05) is 6.26 Å². The standard InChI is InChI=1S/C8H9N5O.C5H6N2OS.C4H7N3/c1-13-6(2-5-10-13)11-8-9-4-3-7(14)12-8;1-9-5-6-3-2-4(8)7-5;1-7-4(5)2-3-6-7/h2-5H,1H3,(H2,9,11,12,14);2-3H,1H3,(H,6,7,8);2-3H,5H2,1H3. The number of anilines is 3. The molecule has 13 heteroatoms. The van der Waals surface area contributed by atoms with Crippen LogP contribution in [0.5, 0.6) is 0 Å². The maximum Gasteiger partial charge on any atom is 0.252 e. The van der Waals surface area contributed by atoms with Gasteiger partial charge in [0.15, 0.2) is 5.16 Å². The van der Waals surface area contributed by atoms with Crippen LogP contribution in [0, 0.1) is 0 Å². The molecular formula is C17H22N10O2S. The van der Waals surface area contributed by atoms with Crippen LogP contribution < -0.4 is 22.2 Å². The van der Waals surface area contributed by atoms with Gasteiger partial charge in [-0.2, -0.15) is 10.2 Å². The van der Waals surface area contributed by atoms with E-state index in [0.29, 0.717) is 16.9 Å². The van der Waals surface area contributed by atoms with Crippen LogP contribution in [0.3, 0.4) is 0 Å². The number of nitrogens with one attached hydrogen (secondary N) is 3. The molecule has 0 bridgehead atoms. The van der Waals surface area contributed by atoms with Gasteiger partial charge in [0.05, 0.1) is 12.4 Å². The number of aromatic amines is 2. The van der Waals surface area contributed by atoms with Crippen molar-refractivity contribution in [2.24, 2.45) is 14.1 Å². The second kappa shape index (κ2) is 11.2. The van der Waals surface area contributed by atoms with Crippen molar-refractivity contribution in [1.82, 2.24) is 39.5 Å². The number of hydrogen-bond donors (Lipinski definition) is 4. The number of nitrogen functional groups attached to an aromatic ring is 1. The molecule has 0 radical (unpaired) electrons. The van der Waals surface area contributed by atoms with Gasteiger partial charge in [-0.25, -0.2) is 9.97 Å². The molecule has 4 heterocycles. The van der Waals surface area contributed by atoms with Gasteiger partial charge < -0.3 is 16.0 Å². The third-order valence-electron chi connectivity index (χ3n) is 3.44. The Balaban J connectivity index is 0.000000173. The van der Waals surface area contributed by atoms with Crippen LogP contribution in [0.2, 0.25) is 0 Å². The van der Waals surface area contributed by atoms with Gasteiger partial charge in [-0.05, 0) is 12.3 Å². The summed E-state index contributed by atoms with van der Waals surface area (Å²) < 4.78 is 3.26.